The first kappa shape index (κ1) is 13.3. The maximum atomic E-state index is 13.8. The molecule has 0 bridgehead atoms. The van der Waals surface area contributed by atoms with Crippen molar-refractivity contribution < 1.29 is 13.9 Å². The van der Waals surface area contributed by atoms with Crippen LogP contribution in [0.15, 0.2) is 36.4 Å². The summed E-state index contributed by atoms with van der Waals surface area (Å²) in [5.74, 6) is -0.419. The third kappa shape index (κ3) is 2.65. The molecule has 0 aliphatic heterocycles. The number of methoxy groups -OCH3 is 1. The molecule has 0 spiro atoms. The molecule has 98 valence electrons. The Bertz CT molecular complexity index is 633. The first-order chi connectivity index (χ1) is 9.02. The van der Waals surface area contributed by atoms with Crippen molar-refractivity contribution in [2.45, 2.75) is 13.8 Å². The Morgan fingerprint density at radius 2 is 1.58 bits per heavy atom. The van der Waals surface area contributed by atoms with Crippen molar-refractivity contribution in [2.75, 3.05) is 7.11 Å². The molecule has 0 atom stereocenters. The maximum absolute atomic E-state index is 13.8. The number of halogens is 1. The summed E-state index contributed by atoms with van der Waals surface area (Å²) in [6, 6.07) is 9.78. The van der Waals surface area contributed by atoms with Crippen molar-refractivity contribution in [3.05, 3.63) is 64.5 Å². The third-order valence-corrected chi connectivity index (χ3v) is 2.97. The highest BCUT2D eigenvalue weighted by Gasteiger charge is 2.18. The molecule has 3 heteroatoms. The SMILES string of the molecule is COc1ccc(C)cc1C(=O)c1cc(C)ccc1F. The van der Waals surface area contributed by atoms with E-state index < -0.39 is 5.82 Å². The van der Waals surface area contributed by atoms with E-state index in [9.17, 15) is 9.18 Å². The Hall–Kier alpha value is -2.16. The van der Waals surface area contributed by atoms with Crippen molar-refractivity contribution in [1.29, 1.82) is 0 Å². The molecule has 2 aromatic carbocycles. The van der Waals surface area contributed by atoms with Gasteiger partial charge in [0.05, 0.1) is 18.2 Å². The molecule has 19 heavy (non-hydrogen) atoms. The van der Waals surface area contributed by atoms with Gasteiger partial charge in [-0.1, -0.05) is 23.3 Å². The first-order valence-corrected chi connectivity index (χ1v) is 5.98. The fourth-order valence-corrected chi connectivity index (χ4v) is 1.96. The molecular weight excluding hydrogens is 243 g/mol. The van der Waals surface area contributed by atoms with Crippen LogP contribution in [0.4, 0.5) is 4.39 Å². The minimum Gasteiger partial charge on any atom is -0.496 e. The molecule has 2 aromatic rings. The van der Waals surface area contributed by atoms with E-state index >= 15 is 0 Å². The molecule has 0 fully saturated rings. The lowest BCUT2D eigenvalue weighted by Gasteiger charge is -2.09. The number of aryl methyl sites for hydroxylation is 2. The summed E-state index contributed by atoms with van der Waals surface area (Å²) in [6.45, 7) is 3.70. The fraction of sp³-hybridized carbons (Fsp3) is 0.188. The van der Waals surface area contributed by atoms with E-state index in [1.54, 1.807) is 24.3 Å². The van der Waals surface area contributed by atoms with Crippen LogP contribution in [0.3, 0.4) is 0 Å². The lowest BCUT2D eigenvalue weighted by atomic mass is 9.99. The number of ketones is 1. The number of ether oxygens (including phenoxy) is 1. The Kier molecular flexibility index (Phi) is 3.65. The average Bonchev–Trinajstić information content (AvgIpc) is 2.40. The van der Waals surface area contributed by atoms with Crippen LogP contribution in [-0.4, -0.2) is 12.9 Å². The minimum atomic E-state index is -0.515. The quantitative estimate of drug-likeness (QED) is 0.785. The van der Waals surface area contributed by atoms with Crippen molar-refractivity contribution >= 4 is 5.78 Å². The van der Waals surface area contributed by atoms with Crippen LogP contribution in [0, 0.1) is 19.7 Å². The monoisotopic (exact) mass is 258 g/mol. The Morgan fingerprint density at radius 3 is 2.21 bits per heavy atom. The summed E-state index contributed by atoms with van der Waals surface area (Å²) in [6.07, 6.45) is 0. The maximum Gasteiger partial charge on any atom is 0.199 e. The zero-order valence-corrected chi connectivity index (χ0v) is 11.2. The average molecular weight is 258 g/mol. The molecule has 0 heterocycles. The van der Waals surface area contributed by atoms with Gasteiger partial charge in [-0.25, -0.2) is 4.39 Å². The van der Waals surface area contributed by atoms with Crippen LogP contribution < -0.4 is 4.74 Å². The largest absolute Gasteiger partial charge is 0.496 e. The standard InChI is InChI=1S/C16H15FO2/c1-10-4-6-14(17)12(8-10)16(18)13-9-11(2)5-7-15(13)19-3/h4-9H,1-3H3. The normalized spacial score (nSPS) is 10.3. The Morgan fingerprint density at radius 1 is 1.00 bits per heavy atom. The van der Waals surface area contributed by atoms with Gasteiger partial charge in [0, 0.05) is 0 Å². The van der Waals surface area contributed by atoms with E-state index in [0.29, 0.717) is 11.3 Å². The second kappa shape index (κ2) is 5.22. The lowest BCUT2D eigenvalue weighted by Crippen LogP contribution is -2.07. The van der Waals surface area contributed by atoms with Crippen molar-refractivity contribution in [1.82, 2.24) is 0 Å². The van der Waals surface area contributed by atoms with E-state index in [-0.39, 0.29) is 11.3 Å². The van der Waals surface area contributed by atoms with Crippen LogP contribution in [0.5, 0.6) is 5.75 Å². The number of rotatable bonds is 3. The lowest BCUT2D eigenvalue weighted by molar-refractivity contribution is 0.103. The molecule has 0 saturated heterocycles. The molecule has 0 saturated carbocycles. The molecule has 0 radical (unpaired) electrons. The van der Waals surface area contributed by atoms with Gasteiger partial charge in [0.15, 0.2) is 5.78 Å². The summed E-state index contributed by atoms with van der Waals surface area (Å²) in [4.78, 5) is 12.4. The van der Waals surface area contributed by atoms with Gasteiger partial charge in [0.25, 0.3) is 0 Å². The molecule has 0 amide bonds. The highest BCUT2D eigenvalue weighted by Crippen LogP contribution is 2.24. The smallest absolute Gasteiger partial charge is 0.199 e. The molecule has 0 aliphatic carbocycles. The predicted octanol–water partition coefficient (Wildman–Crippen LogP) is 3.68. The van der Waals surface area contributed by atoms with E-state index in [1.807, 2.05) is 19.9 Å². The molecule has 0 unspecified atom stereocenters. The topological polar surface area (TPSA) is 26.3 Å². The number of carbonyl (C=O) groups excluding carboxylic acids is 1. The van der Waals surface area contributed by atoms with Gasteiger partial charge < -0.3 is 4.74 Å². The minimum absolute atomic E-state index is 0.0731. The van der Waals surface area contributed by atoms with Crippen LogP contribution >= 0.6 is 0 Å². The first-order valence-electron chi connectivity index (χ1n) is 5.98. The zero-order chi connectivity index (χ0) is 14.0. The van der Waals surface area contributed by atoms with Gasteiger partial charge in [-0.3, -0.25) is 4.79 Å². The Balaban J connectivity index is 2.55. The van der Waals surface area contributed by atoms with E-state index in [0.717, 1.165) is 11.1 Å². The summed E-state index contributed by atoms with van der Waals surface area (Å²) in [5.41, 5.74) is 2.23. The third-order valence-electron chi connectivity index (χ3n) is 2.97. The highest BCUT2D eigenvalue weighted by atomic mass is 19.1. The van der Waals surface area contributed by atoms with Crippen LogP contribution in [-0.2, 0) is 0 Å². The molecule has 0 aliphatic rings. The molecule has 0 N–H and O–H groups in total. The van der Waals surface area contributed by atoms with Crippen molar-refractivity contribution in [2.24, 2.45) is 0 Å². The van der Waals surface area contributed by atoms with Crippen molar-refractivity contribution in [3.8, 4) is 5.75 Å². The second-order valence-corrected chi connectivity index (χ2v) is 4.52. The molecule has 2 nitrogen and oxygen atoms in total. The number of hydrogen-bond donors (Lipinski definition) is 0. The second-order valence-electron chi connectivity index (χ2n) is 4.52. The summed E-state index contributed by atoms with van der Waals surface area (Å²) >= 11 is 0. The van der Waals surface area contributed by atoms with Crippen molar-refractivity contribution in [3.63, 3.8) is 0 Å². The molecule has 2 rings (SSSR count). The molecular formula is C16H15FO2. The highest BCUT2D eigenvalue weighted by molar-refractivity contribution is 6.11. The summed E-state index contributed by atoms with van der Waals surface area (Å²) in [7, 11) is 1.49. The number of benzene rings is 2. The van der Waals surface area contributed by atoms with Gasteiger partial charge in [-0.05, 0) is 38.1 Å². The van der Waals surface area contributed by atoms with E-state index in [1.165, 1.54) is 13.2 Å². The van der Waals surface area contributed by atoms with Gasteiger partial charge >= 0.3 is 0 Å². The van der Waals surface area contributed by atoms with Crippen LogP contribution in [0.2, 0.25) is 0 Å². The number of hydrogen-bond acceptors (Lipinski definition) is 2. The van der Waals surface area contributed by atoms with Crippen LogP contribution in [0.1, 0.15) is 27.0 Å². The van der Waals surface area contributed by atoms with Gasteiger partial charge in [-0.15, -0.1) is 0 Å². The fourth-order valence-electron chi connectivity index (χ4n) is 1.96. The predicted molar refractivity (Wildman–Crippen MR) is 72.3 cm³/mol. The summed E-state index contributed by atoms with van der Waals surface area (Å²) in [5, 5.41) is 0. The number of carbonyl (C=O) groups is 1. The summed E-state index contributed by atoms with van der Waals surface area (Å²) < 4.78 is 19.0. The van der Waals surface area contributed by atoms with Gasteiger partial charge in [0.2, 0.25) is 0 Å². The zero-order valence-electron chi connectivity index (χ0n) is 11.2. The van der Waals surface area contributed by atoms with E-state index in [4.69, 9.17) is 4.74 Å². The molecule has 0 aromatic heterocycles. The Labute approximate surface area is 111 Å². The van der Waals surface area contributed by atoms with E-state index in [2.05, 4.69) is 0 Å². The van der Waals surface area contributed by atoms with Gasteiger partial charge in [0.1, 0.15) is 11.6 Å². The van der Waals surface area contributed by atoms with Gasteiger partial charge in [-0.2, -0.15) is 0 Å². The van der Waals surface area contributed by atoms with Crippen LogP contribution in [0.25, 0.3) is 0 Å².